The zero-order valence-electron chi connectivity index (χ0n) is 26.8. The summed E-state index contributed by atoms with van der Waals surface area (Å²) in [6.07, 6.45) is 25.1. The predicted octanol–water partition coefficient (Wildman–Crippen LogP) is 5.27. The molecule has 0 unspecified atom stereocenters. The first-order chi connectivity index (χ1) is 21.8. The summed E-state index contributed by atoms with van der Waals surface area (Å²) in [7, 11) is 0. The van der Waals surface area contributed by atoms with Gasteiger partial charge in [-0.3, -0.25) is 6.08 Å². The molecule has 2 saturated carbocycles. The van der Waals surface area contributed by atoms with Crippen LogP contribution in [-0.4, -0.2) is 3.81 Å². The number of hydrogen-bond donors (Lipinski definition) is 0. The maximum absolute atomic E-state index is 3.66. The minimum Gasteiger partial charge on any atom is -0.179 e. The molecule has 0 heterocycles. The molecule has 236 valence electrons. The van der Waals surface area contributed by atoms with Crippen LogP contribution in [0.3, 0.4) is 0 Å². The van der Waals surface area contributed by atoms with Crippen LogP contribution in [-0.2, 0) is 26.4 Å². The fourth-order valence-corrected chi connectivity index (χ4v) is 7.72. The van der Waals surface area contributed by atoms with Crippen LogP contribution >= 0.6 is 0 Å². The summed E-state index contributed by atoms with van der Waals surface area (Å²) in [5.74, 6) is 1.58. The van der Waals surface area contributed by atoms with Gasteiger partial charge in [0.05, 0.1) is 0 Å². The molecule has 0 spiro atoms. The molecular formula is C43H44Cl2Ti-2. The normalized spacial score (nSPS) is 16.4. The predicted molar refractivity (Wildman–Crippen MR) is 183 cm³/mol. The SMILES string of the molecule is [C-]1=CC=CC1.[Cl-].[Cl-].[Ti+2]=[C](c1ccccc1)c1ccccc1.[c-]1cc(C2CCCCC2)cc2c1Cc1ccc(C3CCCCC3)cc1-2. The van der Waals surface area contributed by atoms with Crippen LogP contribution in [0, 0.1) is 12.1 Å². The van der Waals surface area contributed by atoms with Crippen molar-refractivity contribution in [1.29, 1.82) is 0 Å². The first-order valence-electron chi connectivity index (χ1n) is 16.8. The Labute approximate surface area is 301 Å². The summed E-state index contributed by atoms with van der Waals surface area (Å²) in [4.78, 5) is 0. The van der Waals surface area contributed by atoms with Crippen molar-refractivity contribution in [1.82, 2.24) is 0 Å². The molecule has 0 saturated heterocycles. The molecule has 2 fully saturated rings. The van der Waals surface area contributed by atoms with Crippen LogP contribution in [0.2, 0.25) is 0 Å². The molecule has 0 atom stereocenters. The van der Waals surface area contributed by atoms with Crippen LogP contribution in [0.4, 0.5) is 0 Å². The fraction of sp³-hybridized carbons (Fsp3) is 0.326. The minimum absolute atomic E-state index is 0. The number of halogens is 2. The van der Waals surface area contributed by atoms with Crippen LogP contribution in [0.15, 0.2) is 109 Å². The van der Waals surface area contributed by atoms with E-state index in [1.54, 1.807) is 11.1 Å². The zero-order valence-corrected chi connectivity index (χ0v) is 29.9. The number of allylic oxidation sites excluding steroid dienone is 4. The molecule has 3 heteroatoms. The van der Waals surface area contributed by atoms with Gasteiger partial charge in [-0.25, -0.2) is 12.2 Å². The Kier molecular flexibility index (Phi) is 14.8. The Morgan fingerprint density at radius 3 is 1.72 bits per heavy atom. The smallest absolute Gasteiger partial charge is 0.0162 e. The van der Waals surface area contributed by atoms with Gasteiger partial charge in [-0.2, -0.15) is 35.4 Å². The van der Waals surface area contributed by atoms with Crippen LogP contribution in [0.25, 0.3) is 11.1 Å². The first-order valence-corrected chi connectivity index (χ1v) is 17.6. The number of benzene rings is 4. The van der Waals surface area contributed by atoms with Crippen molar-refractivity contribution >= 4 is 3.81 Å². The largest absolute Gasteiger partial charge is 0.179 e. The number of rotatable bonds is 4. The van der Waals surface area contributed by atoms with Gasteiger partial charge in [0.2, 0.25) is 0 Å². The molecule has 4 aliphatic carbocycles. The summed E-state index contributed by atoms with van der Waals surface area (Å²) in [5, 5.41) is 0. The van der Waals surface area contributed by atoms with E-state index in [-0.39, 0.29) is 24.8 Å². The van der Waals surface area contributed by atoms with Gasteiger partial charge in [-0.15, -0.1) is 12.0 Å². The summed E-state index contributed by atoms with van der Waals surface area (Å²) in [6.45, 7) is 0. The van der Waals surface area contributed by atoms with E-state index in [4.69, 9.17) is 0 Å². The van der Waals surface area contributed by atoms with E-state index in [2.05, 4.69) is 117 Å². The van der Waals surface area contributed by atoms with Gasteiger partial charge in [-0.05, 0) is 30.7 Å². The third-order valence-electron chi connectivity index (χ3n) is 9.70. The molecule has 0 nitrogen and oxygen atoms in total. The van der Waals surface area contributed by atoms with Crippen molar-refractivity contribution in [2.24, 2.45) is 0 Å². The van der Waals surface area contributed by atoms with Gasteiger partial charge in [0.1, 0.15) is 0 Å². The van der Waals surface area contributed by atoms with Gasteiger partial charge in [0.25, 0.3) is 0 Å². The fourth-order valence-electron chi connectivity index (χ4n) is 7.20. The van der Waals surface area contributed by atoms with Crippen molar-refractivity contribution in [2.45, 2.75) is 88.9 Å². The van der Waals surface area contributed by atoms with Crippen molar-refractivity contribution < 1.29 is 44.8 Å². The van der Waals surface area contributed by atoms with Gasteiger partial charge >= 0.3 is 95.6 Å². The van der Waals surface area contributed by atoms with E-state index in [9.17, 15) is 0 Å². The Morgan fingerprint density at radius 1 is 0.630 bits per heavy atom. The average molecular weight is 680 g/mol. The second kappa shape index (κ2) is 18.8. The van der Waals surface area contributed by atoms with E-state index in [0.29, 0.717) is 0 Å². The molecule has 0 bridgehead atoms. The van der Waals surface area contributed by atoms with Gasteiger partial charge in [0, 0.05) is 0 Å². The monoisotopic (exact) mass is 678 g/mol. The van der Waals surface area contributed by atoms with Gasteiger partial charge in [-0.1, -0.05) is 86.6 Å². The third-order valence-corrected chi connectivity index (χ3v) is 10.6. The van der Waals surface area contributed by atoms with E-state index in [1.165, 1.54) is 101 Å². The summed E-state index contributed by atoms with van der Waals surface area (Å²) in [6, 6.07) is 36.8. The number of hydrogen-bond acceptors (Lipinski definition) is 0. The second-order valence-corrected chi connectivity index (χ2v) is 13.5. The molecular weight excluding hydrogens is 635 g/mol. The molecule has 0 aliphatic heterocycles. The second-order valence-electron chi connectivity index (χ2n) is 12.7. The van der Waals surface area contributed by atoms with Crippen LogP contribution in [0.5, 0.6) is 0 Å². The van der Waals surface area contributed by atoms with E-state index in [0.717, 1.165) is 24.7 Å². The van der Waals surface area contributed by atoms with Crippen molar-refractivity contribution in [2.75, 3.05) is 0 Å². The van der Waals surface area contributed by atoms with E-state index < -0.39 is 0 Å². The summed E-state index contributed by atoms with van der Waals surface area (Å²) >= 11 is 2.16. The van der Waals surface area contributed by atoms with Crippen LogP contribution in [0.1, 0.15) is 116 Å². The van der Waals surface area contributed by atoms with E-state index >= 15 is 0 Å². The van der Waals surface area contributed by atoms with Gasteiger partial charge in [0.15, 0.2) is 0 Å². The molecule has 4 aromatic rings. The Balaban J connectivity index is 0.000000193. The average Bonchev–Trinajstić information content (AvgIpc) is 3.82. The molecule has 4 aromatic carbocycles. The van der Waals surface area contributed by atoms with Crippen molar-refractivity contribution in [3.8, 4) is 11.1 Å². The third kappa shape index (κ3) is 9.54. The zero-order chi connectivity index (χ0) is 30.0. The molecule has 0 aromatic heterocycles. The maximum Gasteiger partial charge on any atom is -0.0162 e. The quantitative estimate of drug-likeness (QED) is 0.180. The molecule has 8 rings (SSSR count). The van der Waals surface area contributed by atoms with Crippen molar-refractivity contribution in [3.05, 3.63) is 155 Å². The Hall–Kier alpha value is -2.48. The Bertz CT molecular complexity index is 1460. The van der Waals surface area contributed by atoms with Crippen LogP contribution < -0.4 is 24.8 Å². The standard InChI is InChI=1S/C25H29.C13H10.C5H5.2ClH.Ti/c1-3-7-18(8-4-1)20-11-13-22-15-23-14-12-21(17-25(23)24(22)16-20)19-9-5-2-6-10-19;1-3-7-12(8-4-1)11-13-9-5-2-6-10-13;1-2-4-5-3-1;;;/h11-13,16-19H,1-10,15H2;1-10H;1-3H,4H2;2*1H;/q-1;;-1;;;+2/p-2. The van der Waals surface area contributed by atoms with Gasteiger partial charge < -0.3 is 24.8 Å². The summed E-state index contributed by atoms with van der Waals surface area (Å²) in [5.41, 5.74) is 11.7. The molecule has 0 radical (unpaired) electrons. The Morgan fingerprint density at radius 2 is 1.20 bits per heavy atom. The van der Waals surface area contributed by atoms with Crippen molar-refractivity contribution in [3.63, 3.8) is 0 Å². The number of fused-ring (bicyclic) bond motifs is 3. The maximum atomic E-state index is 3.66. The molecule has 0 amide bonds. The summed E-state index contributed by atoms with van der Waals surface area (Å²) < 4.78 is 1.33. The molecule has 4 aliphatic rings. The first kappa shape index (κ1) is 36.4. The molecule has 46 heavy (non-hydrogen) atoms. The topological polar surface area (TPSA) is 0 Å². The molecule has 0 N–H and O–H groups in total. The van der Waals surface area contributed by atoms with E-state index in [1.807, 2.05) is 24.3 Å². The minimum atomic E-state index is 0.